The SMILES string of the molecule is CCOC(=O)CNCC(C(=O)OC)c1ccccc1. The van der Waals surface area contributed by atoms with Gasteiger partial charge in [-0.25, -0.2) is 0 Å². The molecule has 1 atom stereocenters. The predicted octanol–water partition coefficient (Wildman–Crippen LogP) is 1.10. The van der Waals surface area contributed by atoms with Crippen molar-refractivity contribution in [3.05, 3.63) is 35.9 Å². The summed E-state index contributed by atoms with van der Waals surface area (Å²) in [6, 6.07) is 9.30. The van der Waals surface area contributed by atoms with E-state index in [9.17, 15) is 9.59 Å². The molecule has 0 bridgehead atoms. The van der Waals surface area contributed by atoms with Crippen molar-refractivity contribution in [3.63, 3.8) is 0 Å². The quantitative estimate of drug-likeness (QED) is 0.748. The summed E-state index contributed by atoms with van der Waals surface area (Å²) in [4.78, 5) is 22.9. The topological polar surface area (TPSA) is 64.6 Å². The third-order valence-electron chi connectivity index (χ3n) is 2.61. The Bertz CT molecular complexity index is 405. The summed E-state index contributed by atoms with van der Waals surface area (Å²) >= 11 is 0. The molecule has 0 amide bonds. The van der Waals surface area contributed by atoms with Crippen LogP contribution in [-0.4, -0.2) is 38.7 Å². The molecule has 1 rings (SSSR count). The number of esters is 2. The third kappa shape index (κ3) is 5.09. The van der Waals surface area contributed by atoms with Crippen LogP contribution in [0.5, 0.6) is 0 Å². The minimum absolute atomic E-state index is 0.0775. The van der Waals surface area contributed by atoms with Crippen molar-refractivity contribution in [1.82, 2.24) is 5.32 Å². The summed E-state index contributed by atoms with van der Waals surface area (Å²) in [6.07, 6.45) is 0. The third-order valence-corrected chi connectivity index (χ3v) is 2.61. The Hall–Kier alpha value is -1.88. The molecular formula is C14H19NO4. The Labute approximate surface area is 112 Å². The van der Waals surface area contributed by atoms with Gasteiger partial charge in [-0.3, -0.25) is 9.59 Å². The molecule has 104 valence electrons. The number of carbonyl (C=O) groups excluding carboxylic acids is 2. The molecule has 1 aromatic rings. The van der Waals surface area contributed by atoms with Crippen LogP contribution in [0.3, 0.4) is 0 Å². The van der Waals surface area contributed by atoms with Gasteiger partial charge in [-0.2, -0.15) is 0 Å². The number of hydrogen-bond donors (Lipinski definition) is 1. The van der Waals surface area contributed by atoms with Crippen molar-refractivity contribution < 1.29 is 19.1 Å². The van der Waals surface area contributed by atoms with Gasteiger partial charge >= 0.3 is 11.9 Å². The molecule has 1 aromatic carbocycles. The van der Waals surface area contributed by atoms with Gasteiger partial charge in [0.05, 0.1) is 26.2 Å². The van der Waals surface area contributed by atoms with E-state index in [4.69, 9.17) is 9.47 Å². The lowest BCUT2D eigenvalue weighted by Crippen LogP contribution is -2.32. The van der Waals surface area contributed by atoms with Gasteiger partial charge in [0, 0.05) is 6.54 Å². The normalized spacial score (nSPS) is 11.7. The van der Waals surface area contributed by atoms with Gasteiger partial charge in [0.25, 0.3) is 0 Å². The molecule has 0 saturated carbocycles. The maximum Gasteiger partial charge on any atom is 0.319 e. The van der Waals surface area contributed by atoms with Crippen LogP contribution in [0.25, 0.3) is 0 Å². The highest BCUT2D eigenvalue weighted by atomic mass is 16.5. The summed E-state index contributed by atoms with van der Waals surface area (Å²) in [5.74, 6) is -1.10. The molecule has 0 saturated heterocycles. The van der Waals surface area contributed by atoms with Gasteiger partial charge in [-0.15, -0.1) is 0 Å². The van der Waals surface area contributed by atoms with E-state index in [0.29, 0.717) is 13.2 Å². The predicted molar refractivity (Wildman–Crippen MR) is 70.7 cm³/mol. The number of nitrogens with one attached hydrogen (secondary N) is 1. The number of ether oxygens (including phenoxy) is 2. The van der Waals surface area contributed by atoms with E-state index in [0.717, 1.165) is 5.56 Å². The Kier molecular flexibility index (Phi) is 6.60. The first kappa shape index (κ1) is 15.2. The molecule has 0 radical (unpaired) electrons. The maximum absolute atomic E-state index is 11.7. The van der Waals surface area contributed by atoms with E-state index in [1.165, 1.54) is 7.11 Å². The van der Waals surface area contributed by atoms with Crippen LogP contribution in [0.15, 0.2) is 30.3 Å². The van der Waals surface area contributed by atoms with Gasteiger partial charge < -0.3 is 14.8 Å². The van der Waals surface area contributed by atoms with Crippen LogP contribution in [0, 0.1) is 0 Å². The van der Waals surface area contributed by atoms with Gasteiger partial charge in [0.1, 0.15) is 0 Å². The Morgan fingerprint density at radius 1 is 1.26 bits per heavy atom. The first-order valence-corrected chi connectivity index (χ1v) is 6.18. The number of rotatable bonds is 7. The lowest BCUT2D eigenvalue weighted by atomic mass is 9.99. The number of methoxy groups -OCH3 is 1. The molecule has 5 nitrogen and oxygen atoms in total. The minimum Gasteiger partial charge on any atom is -0.469 e. The second-order valence-corrected chi connectivity index (χ2v) is 3.92. The average Bonchev–Trinajstić information content (AvgIpc) is 2.44. The summed E-state index contributed by atoms with van der Waals surface area (Å²) in [5.41, 5.74) is 0.853. The van der Waals surface area contributed by atoms with E-state index in [-0.39, 0.29) is 18.5 Å². The Balaban J connectivity index is 2.57. The highest BCUT2D eigenvalue weighted by Crippen LogP contribution is 2.15. The van der Waals surface area contributed by atoms with Crippen LogP contribution >= 0.6 is 0 Å². The van der Waals surface area contributed by atoms with Crippen molar-refractivity contribution in [1.29, 1.82) is 0 Å². The van der Waals surface area contributed by atoms with Gasteiger partial charge in [-0.05, 0) is 12.5 Å². The minimum atomic E-state index is -0.430. The van der Waals surface area contributed by atoms with E-state index < -0.39 is 5.92 Å². The fourth-order valence-electron chi connectivity index (χ4n) is 1.70. The largest absolute Gasteiger partial charge is 0.469 e. The maximum atomic E-state index is 11.7. The van der Waals surface area contributed by atoms with Crippen molar-refractivity contribution in [2.75, 3.05) is 26.8 Å². The second-order valence-electron chi connectivity index (χ2n) is 3.92. The first-order valence-electron chi connectivity index (χ1n) is 6.18. The van der Waals surface area contributed by atoms with Crippen molar-refractivity contribution in [3.8, 4) is 0 Å². The Morgan fingerprint density at radius 2 is 1.95 bits per heavy atom. The summed E-state index contributed by atoms with van der Waals surface area (Å²) in [5, 5.41) is 2.91. The number of carbonyl (C=O) groups is 2. The smallest absolute Gasteiger partial charge is 0.319 e. The van der Waals surface area contributed by atoms with E-state index in [2.05, 4.69) is 5.32 Å². The molecule has 19 heavy (non-hydrogen) atoms. The highest BCUT2D eigenvalue weighted by molar-refractivity contribution is 5.78. The van der Waals surface area contributed by atoms with Crippen molar-refractivity contribution >= 4 is 11.9 Å². The van der Waals surface area contributed by atoms with Crippen LogP contribution < -0.4 is 5.32 Å². The molecule has 0 aromatic heterocycles. The molecule has 0 aliphatic heterocycles. The zero-order chi connectivity index (χ0) is 14.1. The van der Waals surface area contributed by atoms with Crippen LogP contribution in [-0.2, 0) is 19.1 Å². The fourth-order valence-corrected chi connectivity index (χ4v) is 1.70. The molecule has 0 aliphatic rings. The molecule has 0 heterocycles. The van der Waals surface area contributed by atoms with E-state index in [1.807, 2.05) is 30.3 Å². The summed E-state index contributed by atoms with van der Waals surface area (Å²) < 4.78 is 9.58. The zero-order valence-electron chi connectivity index (χ0n) is 11.2. The lowest BCUT2D eigenvalue weighted by Gasteiger charge is -2.15. The molecule has 0 spiro atoms. The number of benzene rings is 1. The molecule has 0 aliphatic carbocycles. The number of hydrogen-bond acceptors (Lipinski definition) is 5. The zero-order valence-corrected chi connectivity index (χ0v) is 11.2. The molecule has 0 fully saturated rings. The van der Waals surface area contributed by atoms with Crippen molar-refractivity contribution in [2.24, 2.45) is 0 Å². The van der Waals surface area contributed by atoms with Crippen molar-refractivity contribution in [2.45, 2.75) is 12.8 Å². The van der Waals surface area contributed by atoms with Crippen LogP contribution in [0.1, 0.15) is 18.4 Å². The van der Waals surface area contributed by atoms with E-state index >= 15 is 0 Å². The molecule has 1 N–H and O–H groups in total. The van der Waals surface area contributed by atoms with Crippen LogP contribution in [0.2, 0.25) is 0 Å². The van der Waals surface area contributed by atoms with E-state index in [1.54, 1.807) is 6.92 Å². The summed E-state index contributed by atoms with van der Waals surface area (Å²) in [6.45, 7) is 2.50. The Morgan fingerprint density at radius 3 is 2.53 bits per heavy atom. The molecule has 1 unspecified atom stereocenters. The average molecular weight is 265 g/mol. The highest BCUT2D eigenvalue weighted by Gasteiger charge is 2.21. The molecule has 5 heteroatoms. The van der Waals surface area contributed by atoms with Gasteiger partial charge in [-0.1, -0.05) is 30.3 Å². The standard InChI is InChI=1S/C14H19NO4/c1-3-19-13(16)10-15-9-12(14(17)18-2)11-7-5-4-6-8-11/h4-8,12,15H,3,9-10H2,1-2H3. The monoisotopic (exact) mass is 265 g/mol. The fraction of sp³-hybridized carbons (Fsp3) is 0.429. The summed E-state index contributed by atoms with van der Waals surface area (Å²) in [7, 11) is 1.35. The second kappa shape index (κ2) is 8.26. The lowest BCUT2D eigenvalue weighted by molar-refractivity contribution is -0.144. The first-order chi connectivity index (χ1) is 9.19. The van der Waals surface area contributed by atoms with Gasteiger partial charge in [0.2, 0.25) is 0 Å². The van der Waals surface area contributed by atoms with Gasteiger partial charge in [0.15, 0.2) is 0 Å². The molecular weight excluding hydrogens is 246 g/mol. The van der Waals surface area contributed by atoms with Crippen LogP contribution in [0.4, 0.5) is 0 Å².